The summed E-state index contributed by atoms with van der Waals surface area (Å²) in [6.45, 7) is 2.26. The number of nitriles is 1. The average molecular weight is 531 g/mol. The molecule has 0 amide bonds. The molecule has 0 aliphatic carbocycles. The Hall–Kier alpha value is -4.03. The van der Waals surface area contributed by atoms with Crippen molar-refractivity contribution in [3.8, 4) is 23.1 Å². The van der Waals surface area contributed by atoms with Crippen molar-refractivity contribution < 1.29 is 13.5 Å². The van der Waals surface area contributed by atoms with Crippen molar-refractivity contribution in [3.05, 3.63) is 77.3 Å². The van der Waals surface area contributed by atoms with Crippen molar-refractivity contribution in [2.75, 3.05) is 26.7 Å². The van der Waals surface area contributed by atoms with Crippen LogP contribution in [-0.4, -0.2) is 58.4 Å². The molecule has 2 saturated heterocycles. The van der Waals surface area contributed by atoms with Crippen molar-refractivity contribution in [3.63, 3.8) is 0 Å². The fraction of sp³-hybridized carbons (Fsp3) is 0.367. The summed E-state index contributed by atoms with van der Waals surface area (Å²) in [6.07, 6.45) is 9.76. The van der Waals surface area contributed by atoms with Gasteiger partial charge in [-0.05, 0) is 88.2 Å². The van der Waals surface area contributed by atoms with Crippen LogP contribution in [0.25, 0.3) is 17.3 Å². The Labute approximate surface area is 227 Å². The molecule has 2 aliphatic rings. The number of hydrogen-bond acceptors (Lipinski definition) is 5. The Kier molecular flexibility index (Phi) is 8.03. The smallest absolute Gasteiger partial charge is 0.137 e. The minimum atomic E-state index is -0.485. The minimum absolute atomic E-state index is 0.209. The van der Waals surface area contributed by atoms with E-state index in [1.54, 1.807) is 29.3 Å². The van der Waals surface area contributed by atoms with Gasteiger partial charge in [0.25, 0.3) is 0 Å². The normalized spacial score (nSPS) is 19.6. The number of imidazole rings is 1. The second-order valence-electron chi connectivity index (χ2n) is 10.2. The van der Waals surface area contributed by atoms with Gasteiger partial charge in [-0.1, -0.05) is 6.07 Å². The first-order valence-electron chi connectivity index (χ1n) is 13.3. The van der Waals surface area contributed by atoms with Gasteiger partial charge in [-0.25, -0.2) is 13.8 Å². The number of benzene rings is 2. The molecular formula is C30H32F2N6O. The maximum Gasteiger partial charge on any atom is 0.137 e. The lowest BCUT2D eigenvalue weighted by Crippen LogP contribution is -2.29. The van der Waals surface area contributed by atoms with E-state index in [4.69, 9.17) is 10.1 Å². The molecule has 39 heavy (non-hydrogen) atoms. The molecule has 3 aromatic rings. The number of amidine groups is 1. The highest BCUT2D eigenvalue weighted by Gasteiger charge is 2.29. The number of ether oxygens (including phenoxy) is 1. The molecule has 9 heteroatoms. The lowest BCUT2D eigenvalue weighted by atomic mass is 10.0. The fourth-order valence-corrected chi connectivity index (χ4v) is 5.52. The summed E-state index contributed by atoms with van der Waals surface area (Å²) in [5.74, 6) is 0.368. The van der Waals surface area contributed by atoms with E-state index in [1.165, 1.54) is 18.9 Å². The molecule has 3 heterocycles. The first-order valence-corrected chi connectivity index (χ1v) is 13.3. The average Bonchev–Trinajstić information content (AvgIpc) is 3.70. The van der Waals surface area contributed by atoms with Crippen LogP contribution in [0.2, 0.25) is 0 Å². The molecule has 2 atom stereocenters. The molecular weight excluding hydrogens is 498 g/mol. The van der Waals surface area contributed by atoms with Crippen molar-refractivity contribution in [1.82, 2.24) is 19.8 Å². The fourth-order valence-electron chi connectivity index (χ4n) is 5.52. The Balaban J connectivity index is 1.25. The molecule has 2 fully saturated rings. The second kappa shape index (κ2) is 11.8. The molecule has 2 aliphatic heterocycles. The van der Waals surface area contributed by atoms with Gasteiger partial charge in [0.1, 0.15) is 35.1 Å². The van der Waals surface area contributed by atoms with Gasteiger partial charge in [0, 0.05) is 23.7 Å². The van der Waals surface area contributed by atoms with E-state index in [-0.39, 0.29) is 17.4 Å². The van der Waals surface area contributed by atoms with Crippen LogP contribution < -0.4 is 4.74 Å². The second-order valence-corrected chi connectivity index (χ2v) is 10.2. The molecule has 1 aromatic heterocycles. The van der Waals surface area contributed by atoms with E-state index in [2.05, 4.69) is 28.0 Å². The molecule has 0 bridgehead atoms. The number of hydrogen-bond donors (Lipinski definition) is 2. The first-order chi connectivity index (χ1) is 18.9. The molecule has 2 unspecified atom stereocenters. The van der Waals surface area contributed by atoms with Gasteiger partial charge in [-0.2, -0.15) is 5.26 Å². The zero-order valence-corrected chi connectivity index (χ0v) is 22.0. The predicted molar refractivity (Wildman–Crippen MR) is 146 cm³/mol. The monoisotopic (exact) mass is 530 g/mol. The predicted octanol–water partition coefficient (Wildman–Crippen LogP) is 5.92. The van der Waals surface area contributed by atoms with Crippen LogP contribution in [0.1, 0.15) is 55.1 Å². The molecule has 0 spiro atoms. The summed E-state index contributed by atoms with van der Waals surface area (Å²) in [4.78, 5) is 11.8. The molecule has 202 valence electrons. The topological polar surface area (TPSA) is 92.0 Å². The Morgan fingerprint density at radius 2 is 2.05 bits per heavy atom. The lowest BCUT2D eigenvalue weighted by molar-refractivity contribution is 0.233. The third-order valence-electron chi connectivity index (χ3n) is 7.67. The van der Waals surface area contributed by atoms with Crippen molar-refractivity contribution in [1.29, 1.82) is 10.7 Å². The maximum absolute atomic E-state index is 14.4. The number of nitrogens with one attached hydrogen (secondary N) is 2. The van der Waals surface area contributed by atoms with Crippen LogP contribution in [0, 0.1) is 28.4 Å². The van der Waals surface area contributed by atoms with Gasteiger partial charge < -0.3 is 19.5 Å². The number of aromatic nitrogens is 2. The van der Waals surface area contributed by atoms with E-state index < -0.39 is 11.6 Å². The summed E-state index contributed by atoms with van der Waals surface area (Å²) in [6, 6.07) is 11.3. The maximum atomic E-state index is 14.4. The molecule has 5 rings (SSSR count). The quantitative estimate of drug-likeness (QED) is 0.279. The number of H-pyrrole nitrogens is 1. The molecule has 7 nitrogen and oxygen atoms in total. The van der Waals surface area contributed by atoms with Gasteiger partial charge in [0.2, 0.25) is 0 Å². The molecule has 0 saturated carbocycles. The Morgan fingerprint density at radius 3 is 2.85 bits per heavy atom. The number of aromatic amines is 1. The van der Waals surface area contributed by atoms with Crippen LogP contribution in [0.5, 0.6) is 5.75 Å². The third-order valence-corrected chi connectivity index (χ3v) is 7.67. The van der Waals surface area contributed by atoms with E-state index in [0.717, 1.165) is 42.8 Å². The van der Waals surface area contributed by atoms with Crippen molar-refractivity contribution in [2.24, 2.45) is 0 Å². The number of likely N-dealkylation sites (tertiary alicyclic amines) is 2. The highest BCUT2D eigenvalue weighted by molar-refractivity contribution is 5.94. The molecule has 0 radical (unpaired) electrons. The van der Waals surface area contributed by atoms with Crippen LogP contribution >= 0.6 is 0 Å². The summed E-state index contributed by atoms with van der Waals surface area (Å²) >= 11 is 0. The van der Waals surface area contributed by atoms with E-state index in [1.807, 2.05) is 12.1 Å². The number of halogens is 2. The number of rotatable bonds is 8. The lowest BCUT2D eigenvalue weighted by Gasteiger charge is -2.26. The number of nitrogens with zero attached hydrogens (tertiary/aromatic N) is 4. The summed E-state index contributed by atoms with van der Waals surface area (Å²) in [5, 5.41) is 18.1. The first kappa shape index (κ1) is 26.6. The Bertz CT molecular complexity index is 1410. The summed E-state index contributed by atoms with van der Waals surface area (Å²) in [7, 11) is 2.14. The van der Waals surface area contributed by atoms with E-state index in [0.29, 0.717) is 42.8 Å². The van der Waals surface area contributed by atoms with Crippen LogP contribution in [0.15, 0.2) is 48.7 Å². The van der Waals surface area contributed by atoms with Crippen LogP contribution in [0.3, 0.4) is 0 Å². The van der Waals surface area contributed by atoms with Gasteiger partial charge >= 0.3 is 0 Å². The largest absolute Gasteiger partial charge is 0.492 e. The van der Waals surface area contributed by atoms with Crippen molar-refractivity contribution in [2.45, 2.75) is 44.2 Å². The summed E-state index contributed by atoms with van der Waals surface area (Å²) in [5.41, 5.74) is 2.36. The van der Waals surface area contributed by atoms with Gasteiger partial charge in [0.15, 0.2) is 0 Å². The highest BCUT2D eigenvalue weighted by atomic mass is 19.1. The SMILES string of the molecule is CN1CCCC1CCOc1cc(-c2cnc(/C=C\C(=N)N3CCCC3c3cc(F)ccc3F)[nH]2)ccc1C#N. The van der Waals surface area contributed by atoms with Crippen molar-refractivity contribution >= 4 is 11.9 Å². The Morgan fingerprint density at radius 1 is 1.21 bits per heavy atom. The zero-order chi connectivity index (χ0) is 27.4. The molecule has 2 aromatic carbocycles. The van der Waals surface area contributed by atoms with E-state index in [9.17, 15) is 14.0 Å². The van der Waals surface area contributed by atoms with Gasteiger partial charge in [-0.15, -0.1) is 0 Å². The van der Waals surface area contributed by atoms with Gasteiger partial charge in [-0.3, -0.25) is 5.41 Å². The standard InChI is InChI=1S/C30H32F2N6O/c1-37-13-2-4-23(37)12-15-39-28-16-20(6-7-21(28)18-33)26-19-35-30(36-26)11-10-29(34)38-14-3-5-27(38)24-17-22(31)8-9-25(24)32/h6-11,16-17,19,23,27,34H,2-5,12-15H2,1H3,(H,35,36)/b11-10-,34-29?. The third kappa shape index (κ3) is 6.02. The minimum Gasteiger partial charge on any atom is -0.492 e. The van der Waals surface area contributed by atoms with Crippen LogP contribution in [0.4, 0.5) is 8.78 Å². The highest BCUT2D eigenvalue weighted by Crippen LogP contribution is 2.34. The zero-order valence-electron chi connectivity index (χ0n) is 22.0. The van der Waals surface area contributed by atoms with Crippen LogP contribution in [-0.2, 0) is 0 Å². The van der Waals surface area contributed by atoms with E-state index >= 15 is 0 Å². The summed E-state index contributed by atoms with van der Waals surface area (Å²) < 4.78 is 34.2. The molecule has 2 N–H and O–H groups in total. The van der Waals surface area contributed by atoms with Gasteiger partial charge in [0.05, 0.1) is 30.1 Å².